The summed E-state index contributed by atoms with van der Waals surface area (Å²) in [6.07, 6.45) is 5.67. The fraction of sp³-hybridized carbons (Fsp3) is 0.286. The molecule has 7 nitrogen and oxygen atoms in total. The lowest BCUT2D eigenvalue weighted by molar-refractivity contribution is -0.122. The van der Waals surface area contributed by atoms with E-state index in [0.29, 0.717) is 17.0 Å². The first kappa shape index (κ1) is 25.8. The fourth-order valence-corrected chi connectivity index (χ4v) is 4.37. The molecule has 1 fully saturated rings. The number of hydrazine groups is 1. The van der Waals surface area contributed by atoms with Gasteiger partial charge in [-0.15, -0.1) is 0 Å². The Labute approximate surface area is 206 Å². The molecule has 4 rings (SSSR count). The fourth-order valence-electron chi connectivity index (χ4n) is 4.37. The number of aromatic nitrogens is 1. The number of aryl methyl sites for hydroxylation is 1. The van der Waals surface area contributed by atoms with Crippen molar-refractivity contribution in [1.29, 1.82) is 0 Å². The van der Waals surface area contributed by atoms with Gasteiger partial charge in [0, 0.05) is 37.5 Å². The Kier molecular flexibility index (Phi) is 9.26. The molecule has 1 N–H and O–H groups in total. The van der Waals surface area contributed by atoms with Crippen molar-refractivity contribution in [2.24, 2.45) is 5.92 Å². The van der Waals surface area contributed by atoms with E-state index in [1.165, 1.54) is 5.56 Å². The highest BCUT2D eigenvalue weighted by molar-refractivity contribution is 6.02. The minimum absolute atomic E-state index is 0.164. The van der Waals surface area contributed by atoms with E-state index in [-0.39, 0.29) is 12.4 Å². The van der Waals surface area contributed by atoms with Crippen LogP contribution in [-0.4, -0.2) is 58.9 Å². The van der Waals surface area contributed by atoms with Gasteiger partial charge in [0.25, 0.3) is 12.4 Å². The smallest absolute Gasteiger partial charge is 0.290 e. The van der Waals surface area contributed by atoms with Gasteiger partial charge in [0.1, 0.15) is 0 Å². The number of amides is 1. The molecule has 1 aliphatic heterocycles. The minimum atomic E-state index is -0.250. The highest BCUT2D eigenvalue weighted by atomic mass is 16.3. The number of aldehydes is 1. The molecule has 0 saturated carbocycles. The topological polar surface area (TPSA) is 90.8 Å². The number of piperidine rings is 1. The zero-order valence-electron chi connectivity index (χ0n) is 20.1. The van der Waals surface area contributed by atoms with Gasteiger partial charge < -0.3 is 5.11 Å². The molecular weight excluding hydrogens is 442 g/mol. The van der Waals surface area contributed by atoms with E-state index in [4.69, 9.17) is 9.90 Å². The summed E-state index contributed by atoms with van der Waals surface area (Å²) >= 11 is 0. The van der Waals surface area contributed by atoms with Crippen molar-refractivity contribution in [1.82, 2.24) is 15.0 Å². The van der Waals surface area contributed by atoms with Gasteiger partial charge in [-0.05, 0) is 61.4 Å². The normalized spacial score (nSPS) is 13.9. The zero-order valence-corrected chi connectivity index (χ0v) is 20.1. The SMILES string of the molecule is Cc1ccnc(-c2ccc(C=O)c(C(=O)N(C)N3CCC(Cc4ccccc4)CC3)c2)c1.O=CO. The van der Waals surface area contributed by atoms with Gasteiger partial charge in [-0.1, -0.05) is 42.5 Å². The number of hydrogen-bond donors (Lipinski definition) is 1. The van der Waals surface area contributed by atoms with E-state index in [1.54, 1.807) is 30.4 Å². The highest BCUT2D eigenvalue weighted by Crippen LogP contribution is 2.25. The van der Waals surface area contributed by atoms with Gasteiger partial charge in [0.2, 0.25) is 0 Å². The first-order valence-electron chi connectivity index (χ1n) is 11.6. The summed E-state index contributed by atoms with van der Waals surface area (Å²) in [4.78, 5) is 37.8. The van der Waals surface area contributed by atoms with Crippen LogP contribution in [0.15, 0.2) is 66.9 Å². The van der Waals surface area contributed by atoms with Gasteiger partial charge in [0.15, 0.2) is 6.29 Å². The average molecular weight is 474 g/mol. The second-order valence-electron chi connectivity index (χ2n) is 8.66. The molecule has 2 heterocycles. The van der Waals surface area contributed by atoms with Crippen LogP contribution in [0.4, 0.5) is 0 Å². The quantitative estimate of drug-likeness (QED) is 0.530. The third-order valence-electron chi connectivity index (χ3n) is 6.30. The predicted molar refractivity (Wildman–Crippen MR) is 135 cm³/mol. The number of benzene rings is 2. The number of nitrogens with zero attached hydrogens (tertiary/aromatic N) is 3. The predicted octanol–water partition coefficient (Wildman–Crippen LogP) is 4.51. The Morgan fingerprint density at radius 1 is 1.09 bits per heavy atom. The molecule has 0 spiro atoms. The van der Waals surface area contributed by atoms with Crippen LogP contribution < -0.4 is 0 Å². The molecular formula is C28H31N3O4. The molecule has 35 heavy (non-hydrogen) atoms. The Hall–Kier alpha value is -3.84. The maximum absolute atomic E-state index is 13.4. The molecule has 0 bridgehead atoms. The molecule has 0 unspecified atom stereocenters. The number of hydrogen-bond acceptors (Lipinski definition) is 5. The zero-order chi connectivity index (χ0) is 25.2. The maximum atomic E-state index is 13.4. The molecule has 2 aromatic carbocycles. The molecule has 1 amide bonds. The summed E-state index contributed by atoms with van der Waals surface area (Å²) in [7, 11) is 1.80. The first-order valence-corrected chi connectivity index (χ1v) is 11.6. The number of carbonyl (C=O) groups excluding carboxylic acids is 2. The van der Waals surface area contributed by atoms with Crippen LogP contribution in [0.25, 0.3) is 11.3 Å². The minimum Gasteiger partial charge on any atom is -0.483 e. The van der Waals surface area contributed by atoms with Crippen molar-refractivity contribution in [3.63, 3.8) is 0 Å². The van der Waals surface area contributed by atoms with E-state index in [1.807, 2.05) is 31.2 Å². The second kappa shape index (κ2) is 12.6. The third kappa shape index (κ3) is 6.83. The number of carbonyl (C=O) groups is 3. The van der Waals surface area contributed by atoms with Gasteiger partial charge in [-0.25, -0.2) is 5.01 Å². The van der Waals surface area contributed by atoms with E-state index in [9.17, 15) is 9.59 Å². The van der Waals surface area contributed by atoms with E-state index in [2.05, 4.69) is 34.3 Å². The van der Waals surface area contributed by atoms with Crippen LogP contribution in [0.1, 0.15) is 44.7 Å². The van der Waals surface area contributed by atoms with Crippen LogP contribution in [-0.2, 0) is 11.2 Å². The average Bonchev–Trinajstić information content (AvgIpc) is 2.89. The molecule has 1 saturated heterocycles. The first-order chi connectivity index (χ1) is 17.0. The van der Waals surface area contributed by atoms with Gasteiger partial charge >= 0.3 is 0 Å². The summed E-state index contributed by atoms with van der Waals surface area (Å²) in [6, 6.07) is 19.8. The molecule has 1 aromatic heterocycles. The summed E-state index contributed by atoms with van der Waals surface area (Å²) in [5.74, 6) is 0.460. The third-order valence-corrected chi connectivity index (χ3v) is 6.30. The lowest BCUT2D eigenvalue weighted by Crippen LogP contribution is -2.48. The Morgan fingerprint density at radius 3 is 2.40 bits per heavy atom. The molecule has 0 atom stereocenters. The van der Waals surface area contributed by atoms with Crippen molar-refractivity contribution in [2.45, 2.75) is 26.2 Å². The summed E-state index contributed by atoms with van der Waals surface area (Å²) in [5.41, 5.74) is 4.90. The molecule has 3 aromatic rings. The van der Waals surface area contributed by atoms with E-state index in [0.717, 1.165) is 55.5 Å². The van der Waals surface area contributed by atoms with Crippen LogP contribution in [0.3, 0.4) is 0 Å². The summed E-state index contributed by atoms with van der Waals surface area (Å²) in [5, 5.41) is 10.7. The molecule has 182 valence electrons. The Morgan fingerprint density at radius 2 is 1.77 bits per heavy atom. The van der Waals surface area contributed by atoms with Crippen molar-refractivity contribution < 1.29 is 19.5 Å². The summed E-state index contributed by atoms with van der Waals surface area (Å²) < 4.78 is 0. The maximum Gasteiger partial charge on any atom is 0.290 e. The number of pyridine rings is 1. The van der Waals surface area contributed by atoms with Crippen molar-refractivity contribution >= 4 is 18.7 Å². The Balaban J connectivity index is 0.00000108. The van der Waals surface area contributed by atoms with E-state index >= 15 is 0 Å². The largest absolute Gasteiger partial charge is 0.483 e. The lowest BCUT2D eigenvalue weighted by atomic mass is 9.91. The van der Waals surface area contributed by atoms with Crippen LogP contribution in [0.2, 0.25) is 0 Å². The molecule has 0 radical (unpaired) electrons. The second-order valence-corrected chi connectivity index (χ2v) is 8.66. The molecule has 7 heteroatoms. The van der Waals surface area contributed by atoms with Gasteiger partial charge in [-0.3, -0.25) is 24.4 Å². The highest BCUT2D eigenvalue weighted by Gasteiger charge is 2.26. The van der Waals surface area contributed by atoms with Crippen LogP contribution in [0, 0.1) is 12.8 Å². The van der Waals surface area contributed by atoms with Gasteiger partial charge in [-0.2, -0.15) is 0 Å². The lowest BCUT2D eigenvalue weighted by Gasteiger charge is -2.38. The van der Waals surface area contributed by atoms with Crippen LogP contribution >= 0.6 is 0 Å². The number of rotatable bonds is 6. The number of carboxylic acid groups (broad SMARTS) is 1. The van der Waals surface area contributed by atoms with Crippen LogP contribution in [0.5, 0.6) is 0 Å². The monoisotopic (exact) mass is 473 g/mol. The molecule has 1 aliphatic rings. The molecule has 0 aliphatic carbocycles. The van der Waals surface area contributed by atoms with Gasteiger partial charge in [0.05, 0.1) is 11.3 Å². The van der Waals surface area contributed by atoms with Crippen molar-refractivity contribution in [3.8, 4) is 11.3 Å². The Bertz CT molecular complexity index is 1140. The van der Waals surface area contributed by atoms with Crippen molar-refractivity contribution in [3.05, 3.63) is 89.1 Å². The van der Waals surface area contributed by atoms with E-state index < -0.39 is 0 Å². The standard InChI is InChI=1S/C27H29N3O2.CH2O2/c1-20-10-13-28-26(16-20)23-8-9-24(19-31)25(18-23)27(32)29(2)30-14-11-22(12-15-30)17-21-6-4-3-5-7-21;2-1-3/h3-10,13,16,18-19,22H,11-12,14-15,17H2,1-2H3;1H,(H,2,3). The van der Waals surface area contributed by atoms with Crippen molar-refractivity contribution in [2.75, 3.05) is 20.1 Å². The summed E-state index contributed by atoms with van der Waals surface area (Å²) in [6.45, 7) is 3.41.